The molecule has 55 valence electrons. The van der Waals surface area contributed by atoms with E-state index in [0.29, 0.717) is 5.92 Å². The normalized spacial score (nSPS) is 19.5. The van der Waals surface area contributed by atoms with Crippen LogP contribution in [0.4, 0.5) is 0 Å². The number of hydrogen-bond acceptors (Lipinski definition) is 1. The molecule has 0 saturated carbocycles. The molecule has 0 spiro atoms. The van der Waals surface area contributed by atoms with Gasteiger partial charge in [0.1, 0.15) is 0 Å². The van der Waals surface area contributed by atoms with Gasteiger partial charge in [-0.15, -0.1) is 0 Å². The first-order valence-electron chi connectivity index (χ1n) is 3.71. The van der Waals surface area contributed by atoms with Gasteiger partial charge in [-0.3, -0.25) is 0 Å². The maximum atomic E-state index is 4.04. The SMILES string of the molecule is CCC(C)C1=N[N]C(C)=C1. The minimum atomic E-state index is 0.557. The average molecular weight is 137 g/mol. The summed E-state index contributed by atoms with van der Waals surface area (Å²) in [6, 6.07) is 0. The van der Waals surface area contributed by atoms with E-state index >= 15 is 0 Å². The molecular weight excluding hydrogens is 124 g/mol. The van der Waals surface area contributed by atoms with E-state index in [-0.39, 0.29) is 0 Å². The van der Waals surface area contributed by atoms with E-state index in [0.717, 1.165) is 17.8 Å². The van der Waals surface area contributed by atoms with Crippen LogP contribution in [0.5, 0.6) is 0 Å². The molecule has 2 heteroatoms. The highest BCUT2D eigenvalue weighted by molar-refractivity contribution is 5.98. The van der Waals surface area contributed by atoms with Gasteiger partial charge in [0.05, 0.1) is 11.4 Å². The highest BCUT2D eigenvalue weighted by atomic mass is 15.3. The molecule has 10 heavy (non-hydrogen) atoms. The van der Waals surface area contributed by atoms with Gasteiger partial charge in [-0.2, -0.15) is 10.5 Å². The van der Waals surface area contributed by atoms with Gasteiger partial charge >= 0.3 is 0 Å². The Morgan fingerprint density at radius 1 is 1.60 bits per heavy atom. The predicted molar refractivity (Wildman–Crippen MR) is 42.8 cm³/mol. The average Bonchev–Trinajstić information content (AvgIpc) is 2.34. The number of allylic oxidation sites excluding steroid dienone is 2. The Hall–Kier alpha value is -0.790. The molecule has 1 rings (SSSR count). The molecule has 1 aliphatic heterocycles. The Morgan fingerprint density at radius 2 is 2.30 bits per heavy atom. The molecule has 0 fully saturated rings. The second kappa shape index (κ2) is 2.86. The van der Waals surface area contributed by atoms with Crippen LogP contribution in [-0.4, -0.2) is 5.71 Å². The van der Waals surface area contributed by atoms with Crippen LogP contribution in [-0.2, 0) is 0 Å². The molecule has 0 aromatic carbocycles. The number of nitrogens with zero attached hydrogens (tertiary/aromatic N) is 2. The van der Waals surface area contributed by atoms with Crippen LogP contribution in [0.3, 0.4) is 0 Å². The lowest BCUT2D eigenvalue weighted by molar-refractivity contribution is 0.735. The third-order valence-corrected chi connectivity index (χ3v) is 1.80. The molecule has 1 aliphatic rings. The molecule has 1 heterocycles. The van der Waals surface area contributed by atoms with Crippen molar-refractivity contribution in [3.8, 4) is 0 Å². The Morgan fingerprint density at radius 3 is 2.70 bits per heavy atom. The molecule has 0 saturated heterocycles. The van der Waals surface area contributed by atoms with E-state index < -0.39 is 0 Å². The maximum Gasteiger partial charge on any atom is 0.0677 e. The summed E-state index contributed by atoms with van der Waals surface area (Å²) in [4.78, 5) is 0. The van der Waals surface area contributed by atoms with Crippen LogP contribution in [0.15, 0.2) is 16.9 Å². The van der Waals surface area contributed by atoms with Crippen LogP contribution >= 0.6 is 0 Å². The first-order chi connectivity index (χ1) is 4.74. The standard InChI is InChI=1S/C8H13N2/c1-4-6(2)8-5-7(3)9-10-8/h5-6H,4H2,1-3H3. The van der Waals surface area contributed by atoms with E-state index in [9.17, 15) is 0 Å². The van der Waals surface area contributed by atoms with Crippen molar-refractivity contribution in [3.63, 3.8) is 0 Å². The summed E-state index contributed by atoms with van der Waals surface area (Å²) in [7, 11) is 0. The highest BCUT2D eigenvalue weighted by Crippen LogP contribution is 2.11. The topological polar surface area (TPSA) is 26.5 Å². The van der Waals surface area contributed by atoms with Gasteiger partial charge in [0.15, 0.2) is 0 Å². The molecule has 0 aromatic heterocycles. The predicted octanol–water partition coefficient (Wildman–Crippen LogP) is 1.91. The molecule has 0 bridgehead atoms. The van der Waals surface area contributed by atoms with Crippen molar-refractivity contribution in [2.75, 3.05) is 0 Å². The van der Waals surface area contributed by atoms with E-state index in [4.69, 9.17) is 0 Å². The summed E-state index contributed by atoms with van der Waals surface area (Å²) in [6.45, 7) is 6.30. The Labute approximate surface area is 62.0 Å². The van der Waals surface area contributed by atoms with E-state index in [2.05, 4.69) is 24.4 Å². The molecule has 0 amide bonds. The largest absolute Gasteiger partial charge is 0.156 e. The highest BCUT2D eigenvalue weighted by Gasteiger charge is 2.11. The lowest BCUT2D eigenvalue weighted by Crippen LogP contribution is -2.04. The summed E-state index contributed by atoms with van der Waals surface area (Å²) < 4.78 is 0. The van der Waals surface area contributed by atoms with Crippen LogP contribution in [0.25, 0.3) is 0 Å². The molecule has 1 unspecified atom stereocenters. The van der Waals surface area contributed by atoms with Crippen molar-refractivity contribution >= 4 is 5.71 Å². The smallest absolute Gasteiger partial charge is 0.0677 e. The summed E-state index contributed by atoms with van der Waals surface area (Å²) in [5.74, 6) is 0.557. The molecule has 1 atom stereocenters. The number of rotatable bonds is 2. The van der Waals surface area contributed by atoms with Crippen LogP contribution in [0.1, 0.15) is 27.2 Å². The van der Waals surface area contributed by atoms with Crippen LogP contribution in [0, 0.1) is 5.92 Å². The molecule has 0 aliphatic carbocycles. The molecule has 2 nitrogen and oxygen atoms in total. The van der Waals surface area contributed by atoms with Gasteiger partial charge in [0.2, 0.25) is 0 Å². The summed E-state index contributed by atoms with van der Waals surface area (Å²) >= 11 is 0. The zero-order chi connectivity index (χ0) is 7.56. The van der Waals surface area contributed by atoms with E-state index in [1.165, 1.54) is 0 Å². The Bertz CT molecular complexity index is 180. The zero-order valence-corrected chi connectivity index (χ0v) is 6.76. The fourth-order valence-corrected chi connectivity index (χ4v) is 0.858. The monoisotopic (exact) mass is 137 g/mol. The summed E-state index contributed by atoms with van der Waals surface area (Å²) in [5.41, 5.74) is 6.08. The van der Waals surface area contributed by atoms with E-state index in [1.54, 1.807) is 0 Å². The van der Waals surface area contributed by atoms with Crippen molar-refractivity contribution in [2.24, 2.45) is 11.0 Å². The van der Waals surface area contributed by atoms with Crippen molar-refractivity contribution in [1.29, 1.82) is 0 Å². The third-order valence-electron chi connectivity index (χ3n) is 1.80. The van der Waals surface area contributed by atoms with Crippen molar-refractivity contribution in [1.82, 2.24) is 5.43 Å². The fourth-order valence-electron chi connectivity index (χ4n) is 0.858. The van der Waals surface area contributed by atoms with E-state index in [1.807, 2.05) is 13.0 Å². The lowest BCUT2D eigenvalue weighted by Gasteiger charge is -2.02. The van der Waals surface area contributed by atoms with Gasteiger partial charge in [0.25, 0.3) is 0 Å². The Balaban J connectivity index is 2.58. The first-order valence-corrected chi connectivity index (χ1v) is 3.71. The second-order valence-electron chi connectivity index (χ2n) is 2.72. The molecule has 1 radical (unpaired) electrons. The van der Waals surface area contributed by atoms with Gasteiger partial charge in [-0.1, -0.05) is 13.8 Å². The minimum Gasteiger partial charge on any atom is -0.156 e. The fraction of sp³-hybridized carbons (Fsp3) is 0.625. The van der Waals surface area contributed by atoms with Gasteiger partial charge in [0, 0.05) is 5.92 Å². The minimum absolute atomic E-state index is 0.557. The van der Waals surface area contributed by atoms with Gasteiger partial charge in [-0.05, 0) is 19.4 Å². The number of hydrogen-bond donors (Lipinski definition) is 0. The summed E-state index contributed by atoms with van der Waals surface area (Å²) in [5, 5.41) is 4.04. The van der Waals surface area contributed by atoms with Crippen molar-refractivity contribution in [2.45, 2.75) is 27.2 Å². The van der Waals surface area contributed by atoms with Crippen LogP contribution in [0.2, 0.25) is 0 Å². The first kappa shape index (κ1) is 7.32. The zero-order valence-electron chi connectivity index (χ0n) is 6.76. The molecule has 0 aromatic rings. The second-order valence-corrected chi connectivity index (χ2v) is 2.72. The molecular formula is C8H13N2. The van der Waals surface area contributed by atoms with Crippen molar-refractivity contribution < 1.29 is 0 Å². The van der Waals surface area contributed by atoms with Crippen molar-refractivity contribution in [3.05, 3.63) is 11.8 Å². The van der Waals surface area contributed by atoms with Gasteiger partial charge < -0.3 is 0 Å². The van der Waals surface area contributed by atoms with Gasteiger partial charge in [-0.25, -0.2) is 0 Å². The quantitative estimate of drug-likeness (QED) is 0.556. The molecule has 0 N–H and O–H groups in total. The maximum absolute atomic E-state index is 4.04. The lowest BCUT2D eigenvalue weighted by atomic mass is 10.0. The summed E-state index contributed by atoms with van der Waals surface area (Å²) in [6.07, 6.45) is 3.19. The third kappa shape index (κ3) is 1.38. The van der Waals surface area contributed by atoms with Crippen LogP contribution < -0.4 is 5.43 Å². The Kier molecular flexibility index (Phi) is 2.10.